The molecule has 0 saturated carbocycles. The lowest BCUT2D eigenvalue weighted by Crippen LogP contribution is -2.50. The van der Waals surface area contributed by atoms with Crippen LogP contribution in [0.15, 0.2) is 0 Å². The molecule has 2 rings (SSSR count). The first kappa shape index (κ1) is 14.1. The lowest BCUT2D eigenvalue weighted by atomic mass is 10.1. The van der Waals surface area contributed by atoms with Crippen LogP contribution in [0.4, 0.5) is 0 Å². The van der Waals surface area contributed by atoms with Crippen molar-refractivity contribution in [1.82, 2.24) is 19.4 Å². The van der Waals surface area contributed by atoms with Gasteiger partial charge < -0.3 is 5.11 Å². The van der Waals surface area contributed by atoms with E-state index in [2.05, 4.69) is 26.3 Å². The summed E-state index contributed by atoms with van der Waals surface area (Å²) in [6.07, 6.45) is 0.998. The van der Waals surface area contributed by atoms with Crippen molar-refractivity contribution in [2.75, 3.05) is 32.8 Å². The number of nitrogens with zero attached hydrogens (tertiary/aromatic N) is 4. The van der Waals surface area contributed by atoms with E-state index < -0.39 is 0 Å². The highest BCUT2D eigenvalue weighted by molar-refractivity contribution is 7.10. The quantitative estimate of drug-likeness (QED) is 0.879. The van der Waals surface area contributed by atoms with E-state index in [1.54, 1.807) is 0 Å². The number of hydrogen-bond donors (Lipinski definition) is 1. The Kier molecular flexibility index (Phi) is 5.32. The maximum Gasteiger partial charge on any atom is 0.138 e. The zero-order valence-corrected chi connectivity index (χ0v) is 12.1. The van der Waals surface area contributed by atoms with E-state index >= 15 is 0 Å². The van der Waals surface area contributed by atoms with Crippen LogP contribution in [0.1, 0.15) is 19.0 Å². The van der Waals surface area contributed by atoms with Gasteiger partial charge in [-0.25, -0.2) is 0 Å². The average molecular weight is 291 g/mol. The maximum atomic E-state index is 9.30. The molecular formula is C11H19ClN4OS. The molecule has 0 amide bonds. The molecule has 0 radical (unpaired) electrons. The lowest BCUT2D eigenvalue weighted by molar-refractivity contribution is 0.0604. The van der Waals surface area contributed by atoms with Crippen molar-refractivity contribution < 1.29 is 5.11 Å². The normalized spacial score (nSPS) is 20.2. The predicted octanol–water partition coefficient (Wildman–Crippen LogP) is 1.08. The number of aliphatic hydroxyl groups excluding tert-OH is 1. The summed E-state index contributed by atoms with van der Waals surface area (Å²) in [7, 11) is 0. The Morgan fingerprint density at radius 3 is 2.61 bits per heavy atom. The average Bonchev–Trinajstić information content (AvgIpc) is 2.79. The molecule has 1 unspecified atom stereocenters. The van der Waals surface area contributed by atoms with Crippen molar-refractivity contribution in [2.45, 2.75) is 25.9 Å². The monoisotopic (exact) mass is 290 g/mol. The molecule has 1 atom stereocenters. The van der Waals surface area contributed by atoms with E-state index in [-0.39, 0.29) is 6.61 Å². The Labute approximate surface area is 117 Å². The zero-order valence-electron chi connectivity index (χ0n) is 10.5. The Bertz CT molecular complexity index is 364. The summed E-state index contributed by atoms with van der Waals surface area (Å²) in [5, 5.41) is 13.3. The number of piperazine rings is 1. The lowest BCUT2D eigenvalue weighted by Gasteiger charge is -2.38. The van der Waals surface area contributed by atoms with Gasteiger partial charge in [0.1, 0.15) is 10.0 Å². The molecule has 0 spiro atoms. The number of halogens is 1. The first-order valence-electron chi connectivity index (χ1n) is 6.28. The highest BCUT2D eigenvalue weighted by atomic mass is 35.5. The van der Waals surface area contributed by atoms with Crippen LogP contribution in [0.5, 0.6) is 0 Å². The van der Waals surface area contributed by atoms with Crippen LogP contribution in [-0.4, -0.2) is 63.3 Å². The molecular weight excluding hydrogens is 272 g/mol. The second kappa shape index (κ2) is 6.77. The number of aromatic nitrogens is 2. The predicted molar refractivity (Wildman–Crippen MR) is 72.9 cm³/mol. The van der Waals surface area contributed by atoms with Crippen molar-refractivity contribution in [3.05, 3.63) is 10.0 Å². The van der Waals surface area contributed by atoms with Gasteiger partial charge in [-0.05, 0) is 6.42 Å². The molecule has 1 saturated heterocycles. The fraction of sp³-hybridized carbons (Fsp3) is 0.818. The summed E-state index contributed by atoms with van der Waals surface area (Å²) >= 11 is 7.25. The third kappa shape index (κ3) is 3.39. The van der Waals surface area contributed by atoms with E-state index in [0.717, 1.165) is 44.8 Å². The van der Waals surface area contributed by atoms with Crippen LogP contribution in [0.2, 0.25) is 4.34 Å². The topological polar surface area (TPSA) is 52.5 Å². The van der Waals surface area contributed by atoms with Gasteiger partial charge in [0.25, 0.3) is 0 Å². The van der Waals surface area contributed by atoms with Gasteiger partial charge in [0.15, 0.2) is 0 Å². The minimum atomic E-state index is 0.248. The van der Waals surface area contributed by atoms with Crippen LogP contribution in [0.3, 0.4) is 0 Å². The Morgan fingerprint density at radius 1 is 1.39 bits per heavy atom. The molecule has 0 aromatic carbocycles. The number of rotatable bonds is 5. The summed E-state index contributed by atoms with van der Waals surface area (Å²) in [6.45, 7) is 7.11. The van der Waals surface area contributed by atoms with E-state index in [9.17, 15) is 5.11 Å². The molecule has 0 aliphatic carbocycles. The fourth-order valence-corrected chi connectivity index (χ4v) is 2.90. The molecule has 2 heterocycles. The second-order valence-corrected chi connectivity index (χ2v) is 5.91. The van der Waals surface area contributed by atoms with Gasteiger partial charge in [0.05, 0.1) is 6.61 Å². The van der Waals surface area contributed by atoms with Gasteiger partial charge in [-0.2, -0.15) is 0 Å². The molecule has 1 fully saturated rings. The second-order valence-electron chi connectivity index (χ2n) is 4.55. The van der Waals surface area contributed by atoms with E-state index in [1.807, 2.05) is 0 Å². The first-order valence-corrected chi connectivity index (χ1v) is 7.43. The third-order valence-corrected chi connectivity index (χ3v) is 4.47. The highest BCUT2D eigenvalue weighted by Gasteiger charge is 2.23. The molecule has 18 heavy (non-hydrogen) atoms. The molecule has 5 nitrogen and oxygen atoms in total. The van der Waals surface area contributed by atoms with E-state index in [0.29, 0.717) is 10.4 Å². The van der Waals surface area contributed by atoms with Crippen molar-refractivity contribution in [2.24, 2.45) is 0 Å². The smallest absolute Gasteiger partial charge is 0.138 e. The van der Waals surface area contributed by atoms with Gasteiger partial charge in [-0.15, -0.1) is 5.10 Å². The molecule has 1 aliphatic heterocycles. The van der Waals surface area contributed by atoms with Gasteiger partial charge in [-0.3, -0.25) is 9.80 Å². The number of aliphatic hydroxyl groups is 1. The third-order valence-electron chi connectivity index (χ3n) is 3.49. The van der Waals surface area contributed by atoms with Gasteiger partial charge in [-0.1, -0.05) is 23.0 Å². The summed E-state index contributed by atoms with van der Waals surface area (Å²) in [4.78, 5) is 4.70. The van der Waals surface area contributed by atoms with E-state index in [1.165, 1.54) is 11.5 Å². The van der Waals surface area contributed by atoms with Gasteiger partial charge in [0.2, 0.25) is 0 Å². The summed E-state index contributed by atoms with van der Waals surface area (Å²) in [5.74, 6) is 0. The minimum Gasteiger partial charge on any atom is -0.395 e. The minimum absolute atomic E-state index is 0.248. The van der Waals surface area contributed by atoms with Crippen molar-refractivity contribution >= 4 is 23.1 Å². The van der Waals surface area contributed by atoms with Crippen LogP contribution in [0, 0.1) is 0 Å². The van der Waals surface area contributed by atoms with Crippen LogP contribution >= 0.6 is 23.1 Å². The van der Waals surface area contributed by atoms with Crippen molar-refractivity contribution in [3.63, 3.8) is 0 Å². The molecule has 1 aromatic heterocycles. The Hall–Kier alpha value is -0.270. The Morgan fingerprint density at radius 2 is 2.11 bits per heavy atom. The first-order chi connectivity index (χ1) is 8.74. The summed E-state index contributed by atoms with van der Waals surface area (Å²) in [6, 6.07) is 0.302. The molecule has 1 N–H and O–H groups in total. The number of hydrogen-bond acceptors (Lipinski definition) is 6. The van der Waals surface area contributed by atoms with Crippen molar-refractivity contribution in [3.8, 4) is 0 Å². The highest BCUT2D eigenvalue weighted by Crippen LogP contribution is 2.19. The van der Waals surface area contributed by atoms with E-state index in [4.69, 9.17) is 11.6 Å². The van der Waals surface area contributed by atoms with Crippen LogP contribution in [-0.2, 0) is 6.54 Å². The SMILES string of the molecule is CCC(CO)N1CCN(Cc2nnsc2Cl)CC1. The Balaban J connectivity index is 1.82. The molecule has 1 aliphatic rings. The molecule has 102 valence electrons. The van der Waals surface area contributed by atoms with Gasteiger partial charge >= 0.3 is 0 Å². The van der Waals surface area contributed by atoms with Crippen LogP contribution in [0.25, 0.3) is 0 Å². The van der Waals surface area contributed by atoms with Crippen LogP contribution < -0.4 is 0 Å². The summed E-state index contributed by atoms with van der Waals surface area (Å²) < 4.78 is 4.54. The summed E-state index contributed by atoms with van der Waals surface area (Å²) in [5.41, 5.74) is 0.879. The molecule has 0 bridgehead atoms. The zero-order chi connectivity index (χ0) is 13.0. The molecule has 1 aromatic rings. The fourth-order valence-electron chi connectivity index (χ4n) is 2.29. The molecule has 7 heteroatoms. The van der Waals surface area contributed by atoms with Crippen molar-refractivity contribution in [1.29, 1.82) is 0 Å². The maximum absolute atomic E-state index is 9.30. The largest absolute Gasteiger partial charge is 0.395 e. The standard InChI is InChI=1S/C11H19ClN4OS/c1-2-9(8-17)16-5-3-15(4-6-16)7-10-11(12)18-14-13-10/h9,17H,2-8H2,1H3. The van der Waals surface area contributed by atoms with Gasteiger partial charge in [0, 0.05) is 50.3 Å².